The van der Waals surface area contributed by atoms with Crippen LogP contribution in [0.3, 0.4) is 0 Å². The monoisotopic (exact) mass is 1080 g/mol. The standard InChI is InChI=1S/C63H70O12SSi/c1-65-62-60(71-44-52-35-21-9-22-36-52)58(69-42-50-31-17-7-18-32-50)57(68-41-49-29-15-6-16-30-49)55(73-62)46-72-77(2,3)75-61-59(70-43-51-33-19-8-20-34-51)56(67-40-48-27-13-5-14-28-48)54(45-66-39-47-25-11-4-12-26-47)74-63(61)76(64)53-37-23-10-24-38-53/h4-38,54-63H,39-46H2,1-3H3/t54-,55-,56+,57-,58+,59+,60-,61-,62+,63?,76?/m1/s1. The average Bonchev–Trinajstić information content (AvgIpc) is 3.50. The van der Waals surface area contributed by atoms with Gasteiger partial charge in [0.1, 0.15) is 48.8 Å². The van der Waals surface area contributed by atoms with Gasteiger partial charge in [-0.3, -0.25) is 4.21 Å². The first-order chi connectivity index (χ1) is 37.8. The minimum absolute atomic E-state index is 0.0224. The first kappa shape index (κ1) is 56.2. The van der Waals surface area contributed by atoms with Gasteiger partial charge in [0.25, 0.3) is 0 Å². The molecule has 0 bridgehead atoms. The Morgan fingerprint density at radius 2 is 0.740 bits per heavy atom. The summed E-state index contributed by atoms with van der Waals surface area (Å²) in [6.45, 7) is 5.72. The summed E-state index contributed by atoms with van der Waals surface area (Å²) in [7, 11) is -3.54. The Bertz CT molecular complexity index is 2770. The number of hydrogen-bond acceptors (Lipinski definition) is 12. The highest BCUT2D eigenvalue weighted by Crippen LogP contribution is 2.37. The minimum atomic E-state index is -3.37. The maximum absolute atomic E-state index is 15.2. The van der Waals surface area contributed by atoms with Crippen LogP contribution in [0.4, 0.5) is 0 Å². The van der Waals surface area contributed by atoms with Gasteiger partial charge in [0.15, 0.2) is 11.7 Å². The van der Waals surface area contributed by atoms with Gasteiger partial charge in [-0.1, -0.05) is 200 Å². The third-order valence-corrected chi connectivity index (χ3v) is 16.7. The molecule has 0 spiro atoms. The number of rotatable bonds is 27. The summed E-state index contributed by atoms with van der Waals surface area (Å²) >= 11 is 0. The molecule has 0 aliphatic carbocycles. The van der Waals surface area contributed by atoms with E-state index in [2.05, 4.69) is 0 Å². The molecule has 77 heavy (non-hydrogen) atoms. The number of methoxy groups -OCH3 is 1. The molecule has 2 unspecified atom stereocenters. The van der Waals surface area contributed by atoms with Gasteiger partial charge in [-0.15, -0.1) is 0 Å². The van der Waals surface area contributed by atoms with Crippen LogP contribution in [0.5, 0.6) is 0 Å². The fourth-order valence-electron chi connectivity index (χ4n) is 9.50. The Balaban J connectivity index is 1.03. The van der Waals surface area contributed by atoms with E-state index in [4.69, 9.17) is 51.5 Å². The molecule has 2 heterocycles. The summed E-state index contributed by atoms with van der Waals surface area (Å²) in [4.78, 5) is 0.575. The number of benzene rings is 7. The molecule has 0 saturated carbocycles. The highest BCUT2D eigenvalue weighted by molar-refractivity contribution is 7.85. The molecular weight excluding hydrogens is 1010 g/mol. The molecule has 7 aromatic rings. The zero-order chi connectivity index (χ0) is 53.1. The van der Waals surface area contributed by atoms with E-state index < -0.39 is 79.9 Å². The molecule has 0 amide bonds. The molecule has 9 rings (SSSR count). The lowest BCUT2D eigenvalue weighted by Gasteiger charge is -2.48. The summed E-state index contributed by atoms with van der Waals surface area (Å²) in [6.07, 6.45) is -6.93. The molecule has 14 heteroatoms. The SMILES string of the molecule is CO[C@H]1O[C@H](CO[Si](C)(C)O[C@H]2C(S(=O)c3ccccc3)O[C@H](COCc3ccccc3)[C@H](OCc3ccccc3)[C@@H]2OCc2ccccc2)[C@@H](OCc2ccccc2)[C@H](OCc2ccccc2)[C@H]1OCc1ccccc1. The van der Waals surface area contributed by atoms with Gasteiger partial charge in [-0.25, -0.2) is 0 Å². The van der Waals surface area contributed by atoms with Crippen LogP contribution in [0, 0.1) is 0 Å². The summed E-state index contributed by atoms with van der Waals surface area (Å²) in [5, 5.41) is 0. The topological polar surface area (TPSA) is 119 Å². The van der Waals surface area contributed by atoms with E-state index in [1.807, 2.05) is 225 Å². The smallest absolute Gasteiger partial charge is 0.332 e. The minimum Gasteiger partial charge on any atom is -0.392 e. The largest absolute Gasteiger partial charge is 0.392 e. The quantitative estimate of drug-likeness (QED) is 0.0456. The van der Waals surface area contributed by atoms with Crippen molar-refractivity contribution in [2.24, 2.45) is 0 Å². The van der Waals surface area contributed by atoms with Crippen LogP contribution in [-0.4, -0.2) is 93.7 Å². The molecule has 0 N–H and O–H groups in total. The molecule has 7 aromatic carbocycles. The van der Waals surface area contributed by atoms with E-state index in [-0.39, 0.29) is 39.6 Å². The Morgan fingerprint density at radius 1 is 0.403 bits per heavy atom. The maximum atomic E-state index is 15.2. The zero-order valence-electron chi connectivity index (χ0n) is 43.9. The van der Waals surface area contributed by atoms with Crippen LogP contribution in [0.1, 0.15) is 33.4 Å². The van der Waals surface area contributed by atoms with Crippen molar-refractivity contribution in [2.45, 2.75) is 118 Å². The number of ether oxygens (including phenoxy) is 9. The normalized spacial score (nSPS) is 24.0. The van der Waals surface area contributed by atoms with Gasteiger partial charge in [0.2, 0.25) is 0 Å². The summed E-state index contributed by atoms with van der Waals surface area (Å²) in [5.74, 6) is 0. The summed E-state index contributed by atoms with van der Waals surface area (Å²) in [6, 6.07) is 69.2. The van der Waals surface area contributed by atoms with Crippen LogP contribution in [-0.2, 0) is 102 Å². The molecule has 2 aliphatic rings. The van der Waals surface area contributed by atoms with Crippen molar-refractivity contribution in [1.29, 1.82) is 0 Å². The van der Waals surface area contributed by atoms with E-state index in [0.29, 0.717) is 18.1 Å². The number of hydrogen-bond donors (Lipinski definition) is 0. The van der Waals surface area contributed by atoms with Crippen molar-refractivity contribution in [3.05, 3.63) is 246 Å². The van der Waals surface area contributed by atoms with E-state index in [0.717, 1.165) is 33.4 Å². The van der Waals surface area contributed by atoms with Crippen molar-refractivity contribution in [2.75, 3.05) is 20.3 Å². The average molecular weight is 1080 g/mol. The van der Waals surface area contributed by atoms with Gasteiger partial charge < -0.3 is 51.5 Å². The lowest BCUT2D eigenvalue weighted by molar-refractivity contribution is -0.321. The molecule has 0 radical (unpaired) electrons. The Labute approximate surface area is 457 Å². The molecule has 0 aromatic heterocycles. The maximum Gasteiger partial charge on any atom is 0.332 e. The van der Waals surface area contributed by atoms with Crippen LogP contribution < -0.4 is 0 Å². The lowest BCUT2D eigenvalue weighted by Crippen LogP contribution is -2.65. The molecule has 11 atom stereocenters. The van der Waals surface area contributed by atoms with E-state index in [9.17, 15) is 0 Å². The first-order valence-electron chi connectivity index (χ1n) is 26.3. The lowest BCUT2D eigenvalue weighted by atomic mass is 9.98. The predicted octanol–water partition coefficient (Wildman–Crippen LogP) is 11.1. The van der Waals surface area contributed by atoms with Gasteiger partial charge in [0.05, 0.1) is 63.7 Å². The van der Waals surface area contributed by atoms with E-state index in [1.54, 1.807) is 7.11 Å². The second kappa shape index (κ2) is 28.9. The molecular formula is C63H70O12SSi. The second-order valence-corrected chi connectivity index (χ2v) is 24.4. The molecule has 2 fully saturated rings. The fraction of sp³-hybridized carbons (Fsp3) is 0.333. The van der Waals surface area contributed by atoms with Crippen LogP contribution in [0.2, 0.25) is 13.1 Å². The summed E-state index contributed by atoms with van der Waals surface area (Å²) in [5.41, 5.74) is 4.84. The third kappa shape index (κ3) is 16.3. The van der Waals surface area contributed by atoms with Crippen molar-refractivity contribution < 1.29 is 55.7 Å². The molecule has 2 saturated heterocycles. The Kier molecular flexibility index (Phi) is 21.1. The third-order valence-electron chi connectivity index (χ3n) is 13.4. The van der Waals surface area contributed by atoms with Crippen LogP contribution >= 0.6 is 0 Å². The van der Waals surface area contributed by atoms with Crippen molar-refractivity contribution in [3.63, 3.8) is 0 Å². The predicted molar refractivity (Wildman–Crippen MR) is 297 cm³/mol. The molecule has 2 aliphatic heterocycles. The van der Waals surface area contributed by atoms with Crippen molar-refractivity contribution in [3.8, 4) is 0 Å². The second-order valence-electron chi connectivity index (χ2n) is 19.5. The van der Waals surface area contributed by atoms with Gasteiger partial charge >= 0.3 is 8.56 Å². The molecule has 404 valence electrons. The fourth-order valence-corrected chi connectivity index (χ4v) is 12.5. The van der Waals surface area contributed by atoms with Crippen molar-refractivity contribution >= 4 is 19.4 Å². The Hall–Kier alpha value is -5.53. The van der Waals surface area contributed by atoms with Crippen LogP contribution in [0.25, 0.3) is 0 Å². The summed E-state index contributed by atoms with van der Waals surface area (Å²) < 4.78 is 90.6. The first-order valence-corrected chi connectivity index (χ1v) is 30.3. The van der Waals surface area contributed by atoms with E-state index >= 15 is 4.21 Å². The highest BCUT2D eigenvalue weighted by atomic mass is 32.2. The van der Waals surface area contributed by atoms with Gasteiger partial charge in [0, 0.05) is 12.0 Å². The Morgan fingerprint density at radius 3 is 1.14 bits per heavy atom. The van der Waals surface area contributed by atoms with Crippen molar-refractivity contribution in [1.82, 2.24) is 0 Å². The molecule has 12 nitrogen and oxygen atoms in total. The van der Waals surface area contributed by atoms with E-state index in [1.165, 1.54) is 0 Å². The van der Waals surface area contributed by atoms with Crippen LogP contribution in [0.15, 0.2) is 217 Å². The van der Waals surface area contributed by atoms with Gasteiger partial charge in [-0.2, -0.15) is 0 Å². The van der Waals surface area contributed by atoms with Gasteiger partial charge in [-0.05, 0) is 58.6 Å². The zero-order valence-corrected chi connectivity index (χ0v) is 45.8. The highest BCUT2D eigenvalue weighted by Gasteiger charge is 2.54.